The van der Waals surface area contributed by atoms with Crippen molar-refractivity contribution < 1.29 is 0 Å². The second kappa shape index (κ2) is 3.41. The van der Waals surface area contributed by atoms with Gasteiger partial charge in [0.1, 0.15) is 0 Å². The second-order valence-corrected chi connectivity index (χ2v) is 2.79. The van der Waals surface area contributed by atoms with Gasteiger partial charge < -0.3 is 5.32 Å². The highest BCUT2D eigenvalue weighted by atomic mass is 15.3. The Hall–Kier alpha value is -1.98. The summed E-state index contributed by atoms with van der Waals surface area (Å²) >= 11 is 0. The van der Waals surface area contributed by atoms with Crippen LogP contribution in [0.2, 0.25) is 0 Å². The monoisotopic (exact) mass is 190 g/mol. The van der Waals surface area contributed by atoms with Crippen molar-refractivity contribution in [2.75, 3.05) is 12.4 Å². The molecule has 1 N–H and O–H groups in total. The molecule has 2 heterocycles. The maximum atomic E-state index is 4.04. The Labute approximate surface area is 81.0 Å². The molecule has 2 rings (SSSR count). The molecule has 0 saturated carbocycles. The first kappa shape index (κ1) is 8.61. The summed E-state index contributed by atoms with van der Waals surface area (Å²) < 4.78 is 1.86. The quantitative estimate of drug-likeness (QED) is 0.738. The normalized spacial score (nSPS) is 10.1. The van der Waals surface area contributed by atoms with Gasteiger partial charge in [-0.1, -0.05) is 0 Å². The summed E-state index contributed by atoms with van der Waals surface area (Å²) in [7, 11) is 3.69. The lowest BCUT2D eigenvalue weighted by molar-refractivity contribution is 0.919. The van der Waals surface area contributed by atoms with Crippen molar-refractivity contribution in [2.24, 2.45) is 7.05 Å². The van der Waals surface area contributed by atoms with E-state index < -0.39 is 0 Å². The predicted octanol–water partition coefficient (Wildman–Crippen LogP) is 0.314. The Morgan fingerprint density at radius 3 is 2.71 bits per heavy atom. The van der Waals surface area contributed by atoms with Gasteiger partial charge in [-0.15, -0.1) is 10.2 Å². The minimum absolute atomic E-state index is 0.719. The molecule has 0 atom stereocenters. The summed E-state index contributed by atoms with van der Waals surface area (Å²) in [6, 6.07) is 1.84. The number of nitrogens with zero attached hydrogens (tertiary/aromatic N) is 5. The third-order valence-electron chi connectivity index (χ3n) is 1.94. The zero-order chi connectivity index (χ0) is 9.97. The maximum absolute atomic E-state index is 4.04. The third-order valence-corrected chi connectivity index (χ3v) is 1.94. The average Bonchev–Trinajstić information content (AvgIpc) is 2.61. The lowest BCUT2D eigenvalue weighted by Crippen LogP contribution is -1.99. The van der Waals surface area contributed by atoms with Crippen LogP contribution in [-0.2, 0) is 7.05 Å². The molecule has 0 unspecified atom stereocenters. The van der Waals surface area contributed by atoms with Crippen molar-refractivity contribution in [2.45, 2.75) is 0 Å². The standard InChI is InChI=1S/C8H10N6/c1-9-8-13-12-7(14(8)2)6-3-4-10-11-5-6/h3-5H,1-2H3,(H,9,13). The van der Waals surface area contributed by atoms with Gasteiger partial charge in [-0.3, -0.25) is 4.57 Å². The number of aromatic nitrogens is 5. The van der Waals surface area contributed by atoms with Crippen LogP contribution in [0.15, 0.2) is 18.5 Å². The number of hydrogen-bond donors (Lipinski definition) is 1. The van der Waals surface area contributed by atoms with E-state index in [1.54, 1.807) is 19.4 Å². The van der Waals surface area contributed by atoms with Gasteiger partial charge in [-0.2, -0.15) is 10.2 Å². The Morgan fingerprint density at radius 2 is 2.14 bits per heavy atom. The van der Waals surface area contributed by atoms with Gasteiger partial charge in [-0.05, 0) is 6.07 Å². The zero-order valence-electron chi connectivity index (χ0n) is 7.97. The zero-order valence-corrected chi connectivity index (χ0v) is 7.97. The molecule has 6 heteroatoms. The van der Waals surface area contributed by atoms with E-state index in [4.69, 9.17) is 0 Å². The van der Waals surface area contributed by atoms with E-state index in [2.05, 4.69) is 25.7 Å². The Bertz CT molecular complexity index is 421. The lowest BCUT2D eigenvalue weighted by Gasteiger charge is -2.01. The van der Waals surface area contributed by atoms with Gasteiger partial charge in [0.2, 0.25) is 5.95 Å². The number of anilines is 1. The highest BCUT2D eigenvalue weighted by Crippen LogP contribution is 2.16. The van der Waals surface area contributed by atoms with Crippen molar-refractivity contribution in [1.29, 1.82) is 0 Å². The van der Waals surface area contributed by atoms with Gasteiger partial charge in [-0.25, -0.2) is 0 Å². The van der Waals surface area contributed by atoms with Crippen LogP contribution in [0.4, 0.5) is 5.95 Å². The molecule has 0 aliphatic carbocycles. The fraction of sp³-hybridized carbons (Fsp3) is 0.250. The molecule has 6 nitrogen and oxygen atoms in total. The number of rotatable bonds is 2. The van der Waals surface area contributed by atoms with Crippen molar-refractivity contribution in [3.63, 3.8) is 0 Å². The van der Waals surface area contributed by atoms with Crippen molar-refractivity contribution in [3.05, 3.63) is 18.5 Å². The van der Waals surface area contributed by atoms with Gasteiger partial charge in [0.05, 0.1) is 12.4 Å². The molecule has 2 aromatic rings. The molecule has 0 aliphatic heterocycles. The minimum Gasteiger partial charge on any atom is -0.357 e. The van der Waals surface area contributed by atoms with E-state index in [0.29, 0.717) is 0 Å². The molecule has 0 bridgehead atoms. The Balaban J connectivity index is 2.48. The van der Waals surface area contributed by atoms with Crippen LogP contribution in [0.25, 0.3) is 11.4 Å². The lowest BCUT2D eigenvalue weighted by atomic mass is 10.3. The van der Waals surface area contributed by atoms with Crippen LogP contribution in [0.1, 0.15) is 0 Å². The highest BCUT2D eigenvalue weighted by molar-refractivity contribution is 5.55. The smallest absolute Gasteiger partial charge is 0.224 e. The van der Waals surface area contributed by atoms with Crippen LogP contribution < -0.4 is 5.32 Å². The van der Waals surface area contributed by atoms with E-state index in [1.165, 1.54) is 0 Å². The third kappa shape index (κ3) is 1.30. The van der Waals surface area contributed by atoms with E-state index in [1.807, 2.05) is 17.7 Å². The molecule has 0 spiro atoms. The van der Waals surface area contributed by atoms with Crippen LogP contribution in [0, 0.1) is 0 Å². The molecule has 0 aliphatic rings. The first-order valence-electron chi connectivity index (χ1n) is 4.17. The SMILES string of the molecule is CNc1nnc(-c2ccnnc2)n1C. The molecule has 0 aromatic carbocycles. The number of nitrogens with one attached hydrogen (secondary N) is 1. The fourth-order valence-corrected chi connectivity index (χ4v) is 1.22. The van der Waals surface area contributed by atoms with Crippen molar-refractivity contribution in [3.8, 4) is 11.4 Å². The predicted molar refractivity (Wildman–Crippen MR) is 51.6 cm³/mol. The van der Waals surface area contributed by atoms with E-state index in [-0.39, 0.29) is 0 Å². The molecular weight excluding hydrogens is 180 g/mol. The van der Waals surface area contributed by atoms with E-state index in [9.17, 15) is 0 Å². The summed E-state index contributed by atoms with van der Waals surface area (Å²) in [4.78, 5) is 0. The topological polar surface area (TPSA) is 68.5 Å². The first-order chi connectivity index (χ1) is 6.83. The molecule has 0 fully saturated rings. The summed E-state index contributed by atoms with van der Waals surface area (Å²) in [5, 5.41) is 18.4. The van der Waals surface area contributed by atoms with Gasteiger partial charge >= 0.3 is 0 Å². The molecular formula is C8H10N6. The van der Waals surface area contributed by atoms with Gasteiger partial charge in [0.25, 0.3) is 0 Å². The average molecular weight is 190 g/mol. The summed E-state index contributed by atoms with van der Waals surface area (Å²) in [6.45, 7) is 0. The van der Waals surface area contributed by atoms with Gasteiger partial charge in [0, 0.05) is 19.7 Å². The minimum atomic E-state index is 0.719. The summed E-state index contributed by atoms with van der Waals surface area (Å²) in [5.74, 6) is 1.49. The maximum Gasteiger partial charge on any atom is 0.224 e. The van der Waals surface area contributed by atoms with Crippen molar-refractivity contribution >= 4 is 5.95 Å². The molecule has 2 aromatic heterocycles. The highest BCUT2D eigenvalue weighted by Gasteiger charge is 2.08. The van der Waals surface area contributed by atoms with Crippen molar-refractivity contribution in [1.82, 2.24) is 25.0 Å². The summed E-state index contributed by atoms with van der Waals surface area (Å²) in [6.07, 6.45) is 3.28. The fourth-order valence-electron chi connectivity index (χ4n) is 1.22. The van der Waals surface area contributed by atoms with Crippen LogP contribution in [-0.4, -0.2) is 32.0 Å². The second-order valence-electron chi connectivity index (χ2n) is 2.79. The first-order valence-corrected chi connectivity index (χ1v) is 4.17. The van der Waals surface area contributed by atoms with Gasteiger partial charge in [0.15, 0.2) is 5.82 Å². The largest absolute Gasteiger partial charge is 0.357 e. The van der Waals surface area contributed by atoms with E-state index in [0.717, 1.165) is 17.3 Å². The van der Waals surface area contributed by atoms with Crippen LogP contribution >= 0.6 is 0 Å². The Kier molecular flexibility index (Phi) is 2.10. The molecule has 0 radical (unpaired) electrons. The van der Waals surface area contributed by atoms with E-state index >= 15 is 0 Å². The Morgan fingerprint density at radius 1 is 1.29 bits per heavy atom. The molecule has 0 saturated heterocycles. The summed E-state index contributed by atoms with van der Waals surface area (Å²) in [5.41, 5.74) is 0.900. The molecule has 72 valence electrons. The van der Waals surface area contributed by atoms with Crippen LogP contribution in [0.3, 0.4) is 0 Å². The van der Waals surface area contributed by atoms with Crippen LogP contribution in [0.5, 0.6) is 0 Å². The number of hydrogen-bond acceptors (Lipinski definition) is 5. The molecule has 14 heavy (non-hydrogen) atoms. The molecule has 0 amide bonds.